The predicted octanol–water partition coefficient (Wildman–Crippen LogP) is 3.22. The first-order valence-corrected chi connectivity index (χ1v) is 11.0. The van der Waals surface area contributed by atoms with Gasteiger partial charge in [0.2, 0.25) is 10.0 Å². The van der Waals surface area contributed by atoms with E-state index in [2.05, 4.69) is 10.0 Å². The number of carboxylic acid groups (broad SMARTS) is 1. The first kappa shape index (κ1) is 22.2. The van der Waals surface area contributed by atoms with Gasteiger partial charge in [-0.15, -0.1) is 0 Å². The number of benzene rings is 3. The van der Waals surface area contributed by atoms with Crippen molar-refractivity contribution >= 4 is 27.6 Å². The molecule has 7 nitrogen and oxygen atoms in total. The summed E-state index contributed by atoms with van der Waals surface area (Å²) in [7, 11) is -4.07. The van der Waals surface area contributed by atoms with Crippen molar-refractivity contribution in [3.63, 3.8) is 0 Å². The van der Waals surface area contributed by atoms with Gasteiger partial charge in [0.05, 0.1) is 4.90 Å². The van der Waals surface area contributed by atoms with Crippen molar-refractivity contribution in [3.8, 4) is 0 Å². The SMILES string of the molecule is Cc1ccc(C(=O)Nc2ccc(S(=O)(=O)N[C@H](Cc3ccccc3)C(=O)O)cc2)cc1. The number of carboxylic acids is 1. The molecule has 31 heavy (non-hydrogen) atoms. The zero-order valence-electron chi connectivity index (χ0n) is 16.8. The molecule has 0 aliphatic heterocycles. The second-order valence-electron chi connectivity index (χ2n) is 7.05. The van der Waals surface area contributed by atoms with E-state index in [4.69, 9.17) is 0 Å². The molecule has 3 rings (SSSR count). The molecule has 1 amide bonds. The molecule has 0 radical (unpaired) electrons. The lowest BCUT2D eigenvalue weighted by Gasteiger charge is -2.15. The van der Waals surface area contributed by atoms with Crippen molar-refractivity contribution in [1.82, 2.24) is 4.72 Å². The number of anilines is 1. The van der Waals surface area contributed by atoms with Crippen LogP contribution in [0.4, 0.5) is 5.69 Å². The van der Waals surface area contributed by atoms with Crippen LogP contribution in [0.5, 0.6) is 0 Å². The highest BCUT2D eigenvalue weighted by Gasteiger charge is 2.25. The van der Waals surface area contributed by atoms with Gasteiger partial charge in [-0.3, -0.25) is 9.59 Å². The summed E-state index contributed by atoms with van der Waals surface area (Å²) < 4.78 is 27.6. The van der Waals surface area contributed by atoms with Crippen LogP contribution in [0.1, 0.15) is 21.5 Å². The lowest BCUT2D eigenvalue weighted by molar-refractivity contribution is -0.138. The Bertz CT molecular complexity index is 1160. The molecule has 3 aromatic carbocycles. The fourth-order valence-electron chi connectivity index (χ4n) is 2.91. The maximum absolute atomic E-state index is 12.7. The predicted molar refractivity (Wildman–Crippen MR) is 117 cm³/mol. The number of amides is 1. The lowest BCUT2D eigenvalue weighted by Crippen LogP contribution is -2.42. The van der Waals surface area contributed by atoms with Crippen LogP contribution >= 0.6 is 0 Å². The number of sulfonamides is 1. The van der Waals surface area contributed by atoms with E-state index >= 15 is 0 Å². The Labute approximate surface area is 180 Å². The average Bonchev–Trinajstić information content (AvgIpc) is 2.74. The first-order chi connectivity index (χ1) is 14.7. The molecule has 0 saturated heterocycles. The summed E-state index contributed by atoms with van der Waals surface area (Å²) in [5.74, 6) is -1.59. The van der Waals surface area contributed by atoms with Crippen LogP contribution in [0.3, 0.4) is 0 Å². The minimum atomic E-state index is -4.07. The zero-order valence-corrected chi connectivity index (χ0v) is 17.6. The number of nitrogens with one attached hydrogen (secondary N) is 2. The fraction of sp³-hybridized carbons (Fsp3) is 0.130. The minimum Gasteiger partial charge on any atom is -0.480 e. The van der Waals surface area contributed by atoms with E-state index in [-0.39, 0.29) is 17.2 Å². The van der Waals surface area contributed by atoms with Gasteiger partial charge in [0.1, 0.15) is 6.04 Å². The van der Waals surface area contributed by atoms with Crippen molar-refractivity contribution < 1.29 is 23.1 Å². The van der Waals surface area contributed by atoms with E-state index in [0.717, 1.165) is 5.56 Å². The Morgan fingerprint density at radius 2 is 1.52 bits per heavy atom. The topological polar surface area (TPSA) is 113 Å². The van der Waals surface area contributed by atoms with Gasteiger partial charge >= 0.3 is 5.97 Å². The highest BCUT2D eigenvalue weighted by Crippen LogP contribution is 2.16. The number of carbonyl (C=O) groups is 2. The van der Waals surface area contributed by atoms with Gasteiger partial charge in [-0.1, -0.05) is 48.0 Å². The molecule has 0 aliphatic carbocycles. The van der Waals surface area contributed by atoms with Gasteiger partial charge in [0, 0.05) is 11.3 Å². The normalized spacial score (nSPS) is 12.2. The summed E-state index contributed by atoms with van der Waals surface area (Å²) in [6, 6.07) is 20.0. The lowest BCUT2D eigenvalue weighted by atomic mass is 10.1. The second-order valence-corrected chi connectivity index (χ2v) is 8.76. The largest absolute Gasteiger partial charge is 0.480 e. The number of carbonyl (C=O) groups excluding carboxylic acids is 1. The average molecular weight is 439 g/mol. The molecule has 0 saturated carbocycles. The molecule has 0 unspecified atom stereocenters. The maximum Gasteiger partial charge on any atom is 0.322 e. The van der Waals surface area contributed by atoms with Crippen LogP contribution in [0.25, 0.3) is 0 Å². The molecule has 1 atom stereocenters. The van der Waals surface area contributed by atoms with Gasteiger partial charge in [0.25, 0.3) is 5.91 Å². The summed E-state index contributed by atoms with van der Waals surface area (Å²) in [5, 5.41) is 12.1. The van der Waals surface area contributed by atoms with Gasteiger partial charge in [-0.25, -0.2) is 8.42 Å². The number of rotatable bonds is 8. The van der Waals surface area contributed by atoms with Crippen LogP contribution in [0.15, 0.2) is 83.8 Å². The van der Waals surface area contributed by atoms with E-state index in [9.17, 15) is 23.1 Å². The van der Waals surface area contributed by atoms with Gasteiger partial charge in [0.15, 0.2) is 0 Å². The number of aliphatic carboxylic acids is 1. The molecule has 3 aromatic rings. The molecule has 160 valence electrons. The molecule has 0 fully saturated rings. The van der Waals surface area contributed by atoms with Gasteiger partial charge in [-0.2, -0.15) is 4.72 Å². The number of hydrogen-bond donors (Lipinski definition) is 3. The Morgan fingerprint density at radius 3 is 2.10 bits per heavy atom. The zero-order chi connectivity index (χ0) is 22.4. The monoisotopic (exact) mass is 438 g/mol. The third-order valence-electron chi connectivity index (χ3n) is 4.61. The molecule has 8 heteroatoms. The fourth-order valence-corrected chi connectivity index (χ4v) is 4.10. The molecular formula is C23H22N2O5S. The van der Waals surface area contributed by atoms with Crippen LogP contribution in [0, 0.1) is 6.92 Å². The standard InChI is InChI=1S/C23H22N2O5S/c1-16-7-9-18(10-8-16)22(26)24-19-11-13-20(14-12-19)31(29,30)25-21(23(27)28)15-17-5-3-2-4-6-17/h2-14,21,25H,15H2,1H3,(H,24,26)(H,27,28)/t21-/m1/s1. The Hall–Kier alpha value is -3.49. The Morgan fingerprint density at radius 1 is 0.903 bits per heavy atom. The molecule has 3 N–H and O–H groups in total. The number of hydrogen-bond acceptors (Lipinski definition) is 4. The van der Waals surface area contributed by atoms with Crippen molar-refractivity contribution in [2.75, 3.05) is 5.32 Å². The van der Waals surface area contributed by atoms with Crippen LogP contribution < -0.4 is 10.0 Å². The van der Waals surface area contributed by atoms with E-state index in [1.807, 2.05) is 19.1 Å². The minimum absolute atomic E-state index is 0.0140. The summed E-state index contributed by atoms with van der Waals surface area (Å²) in [4.78, 5) is 23.8. The number of aryl methyl sites for hydroxylation is 1. The van der Waals surface area contributed by atoms with Crippen LogP contribution in [-0.4, -0.2) is 31.4 Å². The quantitative estimate of drug-likeness (QED) is 0.500. The highest BCUT2D eigenvalue weighted by molar-refractivity contribution is 7.89. The summed E-state index contributed by atoms with van der Waals surface area (Å²) in [5.41, 5.74) is 2.63. The first-order valence-electron chi connectivity index (χ1n) is 9.52. The van der Waals surface area contributed by atoms with Crippen LogP contribution in [-0.2, 0) is 21.2 Å². The molecule has 0 bridgehead atoms. The summed E-state index contributed by atoms with van der Waals surface area (Å²) in [6.07, 6.45) is 0.0140. The van der Waals surface area contributed by atoms with E-state index in [1.165, 1.54) is 24.3 Å². The van der Waals surface area contributed by atoms with E-state index in [1.54, 1.807) is 42.5 Å². The second kappa shape index (κ2) is 9.55. The van der Waals surface area contributed by atoms with E-state index < -0.39 is 22.0 Å². The highest BCUT2D eigenvalue weighted by atomic mass is 32.2. The van der Waals surface area contributed by atoms with Crippen molar-refractivity contribution in [1.29, 1.82) is 0 Å². The molecular weight excluding hydrogens is 416 g/mol. The molecule has 0 heterocycles. The van der Waals surface area contributed by atoms with Gasteiger partial charge in [-0.05, 0) is 55.3 Å². The molecule has 0 aromatic heterocycles. The van der Waals surface area contributed by atoms with E-state index in [0.29, 0.717) is 16.8 Å². The Balaban J connectivity index is 1.70. The molecule has 0 aliphatic rings. The third kappa shape index (κ3) is 6.00. The van der Waals surface area contributed by atoms with Crippen molar-refractivity contribution in [2.24, 2.45) is 0 Å². The third-order valence-corrected chi connectivity index (χ3v) is 6.10. The van der Waals surface area contributed by atoms with Crippen molar-refractivity contribution in [3.05, 3.63) is 95.6 Å². The summed E-state index contributed by atoms with van der Waals surface area (Å²) >= 11 is 0. The smallest absolute Gasteiger partial charge is 0.322 e. The Kier molecular flexibility index (Phi) is 6.84. The van der Waals surface area contributed by atoms with Crippen molar-refractivity contribution in [2.45, 2.75) is 24.3 Å². The maximum atomic E-state index is 12.7. The van der Waals surface area contributed by atoms with Gasteiger partial charge < -0.3 is 10.4 Å². The van der Waals surface area contributed by atoms with Crippen LogP contribution in [0.2, 0.25) is 0 Å². The summed E-state index contributed by atoms with van der Waals surface area (Å²) in [6.45, 7) is 1.92. The molecule has 0 spiro atoms.